The molecule has 0 radical (unpaired) electrons. The molecule has 3 aromatic carbocycles. The number of amides is 1. The lowest BCUT2D eigenvalue weighted by molar-refractivity contribution is -0.136. The van der Waals surface area contributed by atoms with Gasteiger partial charge in [-0.15, -0.1) is 0 Å². The fourth-order valence-electron chi connectivity index (χ4n) is 3.09. The molecule has 3 rings (SSSR count). The summed E-state index contributed by atoms with van der Waals surface area (Å²) in [6, 6.07) is 26.9. The summed E-state index contributed by atoms with van der Waals surface area (Å²) in [5, 5.41) is 0. The second kappa shape index (κ2) is 9.15. The van der Waals surface area contributed by atoms with Crippen molar-refractivity contribution in [1.82, 2.24) is 4.90 Å². The van der Waals surface area contributed by atoms with E-state index in [1.807, 2.05) is 35.2 Å². The van der Waals surface area contributed by atoms with Crippen LogP contribution >= 0.6 is 0 Å². The van der Waals surface area contributed by atoms with Crippen molar-refractivity contribution >= 4 is 5.91 Å². The number of nitrogens with zero attached hydrogens (tertiary/aromatic N) is 1. The van der Waals surface area contributed by atoms with Crippen molar-refractivity contribution in [3.8, 4) is 11.1 Å². The highest BCUT2D eigenvalue weighted by molar-refractivity contribution is 5.77. The van der Waals surface area contributed by atoms with Crippen LogP contribution in [-0.2, 0) is 22.6 Å². The fourth-order valence-corrected chi connectivity index (χ4v) is 3.09. The molecule has 0 aliphatic carbocycles. The molecule has 0 N–H and O–H groups in total. The van der Waals surface area contributed by atoms with Crippen molar-refractivity contribution in [2.24, 2.45) is 0 Å². The van der Waals surface area contributed by atoms with Crippen LogP contribution in [0.1, 0.15) is 16.7 Å². The Bertz CT molecular complexity index is 872. The lowest BCUT2D eigenvalue weighted by Gasteiger charge is -2.24. The van der Waals surface area contributed by atoms with Crippen molar-refractivity contribution in [2.45, 2.75) is 20.0 Å². The van der Waals surface area contributed by atoms with E-state index in [0.717, 1.165) is 11.1 Å². The van der Waals surface area contributed by atoms with Gasteiger partial charge in [-0.05, 0) is 34.7 Å². The zero-order valence-electron chi connectivity index (χ0n) is 15.9. The summed E-state index contributed by atoms with van der Waals surface area (Å²) in [5.74, 6) is -0.00658. The lowest BCUT2D eigenvalue weighted by atomic mass is 10.0. The van der Waals surface area contributed by atoms with E-state index >= 15 is 0 Å². The molecule has 0 aromatic heterocycles. The minimum Gasteiger partial charge on any atom is -0.375 e. The summed E-state index contributed by atoms with van der Waals surface area (Å²) in [6.07, 6.45) is 0. The quantitative estimate of drug-likeness (QED) is 0.604. The fraction of sp³-hybridized carbons (Fsp3) is 0.208. The number of carbonyl (C=O) groups excluding carboxylic acids is 1. The average molecular weight is 359 g/mol. The zero-order valence-corrected chi connectivity index (χ0v) is 15.9. The summed E-state index contributed by atoms with van der Waals surface area (Å²) in [5.41, 5.74) is 5.81. The van der Waals surface area contributed by atoms with Crippen LogP contribution in [0.4, 0.5) is 0 Å². The molecule has 0 aliphatic heterocycles. The summed E-state index contributed by atoms with van der Waals surface area (Å²) < 4.78 is 5.08. The Labute approximate surface area is 161 Å². The van der Waals surface area contributed by atoms with Gasteiger partial charge in [0.1, 0.15) is 6.61 Å². The van der Waals surface area contributed by atoms with Gasteiger partial charge in [-0.3, -0.25) is 4.79 Å². The van der Waals surface area contributed by atoms with Crippen LogP contribution in [0.2, 0.25) is 0 Å². The molecule has 1 amide bonds. The van der Waals surface area contributed by atoms with Gasteiger partial charge in [0, 0.05) is 20.2 Å². The Morgan fingerprint density at radius 2 is 1.44 bits per heavy atom. The first-order valence-corrected chi connectivity index (χ1v) is 9.13. The first kappa shape index (κ1) is 18.9. The van der Waals surface area contributed by atoms with Crippen molar-refractivity contribution in [2.75, 3.05) is 13.7 Å². The Hall–Kier alpha value is -2.91. The van der Waals surface area contributed by atoms with E-state index in [4.69, 9.17) is 4.74 Å². The molecule has 0 bridgehead atoms. The van der Waals surface area contributed by atoms with Crippen LogP contribution < -0.4 is 0 Å². The number of benzene rings is 3. The molecule has 3 nitrogen and oxygen atoms in total. The van der Waals surface area contributed by atoms with Gasteiger partial charge in [0.2, 0.25) is 5.91 Å². The van der Waals surface area contributed by atoms with Gasteiger partial charge >= 0.3 is 0 Å². The van der Waals surface area contributed by atoms with Crippen LogP contribution in [0.5, 0.6) is 0 Å². The molecule has 0 aliphatic rings. The zero-order chi connectivity index (χ0) is 19.1. The molecular formula is C24H25NO2. The predicted octanol–water partition coefficient (Wildman–Crippen LogP) is 4.84. The smallest absolute Gasteiger partial charge is 0.249 e. The van der Waals surface area contributed by atoms with Gasteiger partial charge in [0.05, 0.1) is 0 Å². The highest BCUT2D eigenvalue weighted by Crippen LogP contribution is 2.20. The number of hydrogen-bond acceptors (Lipinski definition) is 2. The van der Waals surface area contributed by atoms with E-state index in [-0.39, 0.29) is 12.5 Å². The number of carbonyl (C=O) groups is 1. The van der Waals surface area contributed by atoms with Gasteiger partial charge in [-0.1, -0.05) is 78.9 Å². The second-order valence-corrected chi connectivity index (χ2v) is 6.67. The first-order valence-electron chi connectivity index (χ1n) is 9.13. The number of hydrogen-bond donors (Lipinski definition) is 0. The molecular weight excluding hydrogens is 334 g/mol. The molecule has 0 spiro atoms. The number of methoxy groups -OCH3 is 1. The molecule has 138 valence electrons. The van der Waals surface area contributed by atoms with Crippen LogP contribution in [-0.4, -0.2) is 24.5 Å². The van der Waals surface area contributed by atoms with Gasteiger partial charge in [0.25, 0.3) is 0 Å². The van der Waals surface area contributed by atoms with Crippen LogP contribution in [0, 0.1) is 6.92 Å². The maximum Gasteiger partial charge on any atom is 0.249 e. The summed E-state index contributed by atoms with van der Waals surface area (Å²) in [7, 11) is 1.55. The Morgan fingerprint density at radius 3 is 2.11 bits per heavy atom. The average Bonchev–Trinajstić information content (AvgIpc) is 2.70. The molecule has 0 heterocycles. The first-order chi connectivity index (χ1) is 13.2. The molecule has 0 atom stereocenters. The van der Waals surface area contributed by atoms with Crippen molar-refractivity contribution in [1.29, 1.82) is 0 Å². The largest absolute Gasteiger partial charge is 0.375 e. The maximum absolute atomic E-state index is 12.6. The van der Waals surface area contributed by atoms with Gasteiger partial charge < -0.3 is 9.64 Å². The highest BCUT2D eigenvalue weighted by Gasteiger charge is 2.15. The van der Waals surface area contributed by atoms with Crippen molar-refractivity contribution in [3.63, 3.8) is 0 Å². The van der Waals surface area contributed by atoms with E-state index in [1.165, 1.54) is 16.7 Å². The Morgan fingerprint density at radius 1 is 0.815 bits per heavy atom. The van der Waals surface area contributed by atoms with Crippen LogP contribution in [0.25, 0.3) is 11.1 Å². The van der Waals surface area contributed by atoms with E-state index in [2.05, 4.69) is 55.5 Å². The van der Waals surface area contributed by atoms with Gasteiger partial charge in [-0.25, -0.2) is 0 Å². The van der Waals surface area contributed by atoms with Crippen LogP contribution in [0.3, 0.4) is 0 Å². The van der Waals surface area contributed by atoms with E-state index in [0.29, 0.717) is 13.1 Å². The normalized spacial score (nSPS) is 10.6. The van der Waals surface area contributed by atoms with Crippen LogP contribution in [0.15, 0.2) is 78.9 Å². The number of ether oxygens (including phenoxy) is 1. The second-order valence-electron chi connectivity index (χ2n) is 6.67. The third-order valence-corrected chi connectivity index (χ3v) is 4.68. The Balaban J connectivity index is 1.77. The monoisotopic (exact) mass is 359 g/mol. The van der Waals surface area contributed by atoms with E-state index in [9.17, 15) is 4.79 Å². The van der Waals surface area contributed by atoms with Crippen molar-refractivity contribution < 1.29 is 9.53 Å². The molecule has 0 saturated carbocycles. The molecule has 3 heteroatoms. The standard InChI is InChI=1S/C24H25NO2/c1-19-8-6-7-11-23(19)17-25(24(26)18-27-2)16-20-12-14-22(15-13-20)21-9-4-3-5-10-21/h3-15H,16-18H2,1-2H3. The molecule has 3 aromatic rings. The van der Waals surface area contributed by atoms with Gasteiger partial charge in [-0.2, -0.15) is 0 Å². The number of rotatable bonds is 7. The van der Waals surface area contributed by atoms with E-state index < -0.39 is 0 Å². The SMILES string of the molecule is COCC(=O)N(Cc1ccc(-c2ccccc2)cc1)Cc1ccccc1C. The molecule has 27 heavy (non-hydrogen) atoms. The number of aryl methyl sites for hydroxylation is 1. The third kappa shape index (κ3) is 5.05. The predicted molar refractivity (Wildman–Crippen MR) is 109 cm³/mol. The van der Waals surface area contributed by atoms with Gasteiger partial charge in [0.15, 0.2) is 0 Å². The maximum atomic E-state index is 12.6. The third-order valence-electron chi connectivity index (χ3n) is 4.68. The minimum absolute atomic E-state index is 0.00658. The summed E-state index contributed by atoms with van der Waals surface area (Å²) in [4.78, 5) is 14.4. The Kier molecular flexibility index (Phi) is 6.39. The lowest BCUT2D eigenvalue weighted by Crippen LogP contribution is -2.33. The highest BCUT2D eigenvalue weighted by atomic mass is 16.5. The minimum atomic E-state index is -0.00658. The summed E-state index contributed by atoms with van der Waals surface area (Å²) in [6.45, 7) is 3.30. The molecule has 0 saturated heterocycles. The van der Waals surface area contributed by atoms with E-state index in [1.54, 1.807) is 7.11 Å². The molecule has 0 fully saturated rings. The molecule has 0 unspecified atom stereocenters. The summed E-state index contributed by atoms with van der Waals surface area (Å²) >= 11 is 0. The topological polar surface area (TPSA) is 29.5 Å². The van der Waals surface area contributed by atoms with Crippen molar-refractivity contribution in [3.05, 3.63) is 95.6 Å².